The summed E-state index contributed by atoms with van der Waals surface area (Å²) in [6, 6.07) is 3.06. The molecule has 1 aliphatic rings. The Morgan fingerprint density at radius 1 is 1.50 bits per heavy atom. The molecule has 0 bridgehead atoms. The number of hydrogen-bond acceptors (Lipinski definition) is 3. The van der Waals surface area contributed by atoms with Crippen molar-refractivity contribution >= 4 is 0 Å². The van der Waals surface area contributed by atoms with Gasteiger partial charge in [-0.3, -0.25) is 0 Å². The predicted molar refractivity (Wildman–Crippen MR) is 72.3 cm³/mol. The monoisotopic (exact) mass is 251 g/mol. The first-order valence-electron chi connectivity index (χ1n) is 7.09. The average molecular weight is 251 g/mol. The van der Waals surface area contributed by atoms with Gasteiger partial charge in [0, 0.05) is 24.3 Å². The van der Waals surface area contributed by atoms with Gasteiger partial charge in [-0.2, -0.15) is 0 Å². The van der Waals surface area contributed by atoms with E-state index in [4.69, 9.17) is 9.52 Å². The van der Waals surface area contributed by atoms with Crippen LogP contribution in [0.15, 0.2) is 23.0 Å². The molecule has 4 atom stereocenters. The number of aliphatic hydroxyl groups is 1. The van der Waals surface area contributed by atoms with Crippen LogP contribution in [0.25, 0.3) is 0 Å². The van der Waals surface area contributed by atoms with E-state index in [1.54, 1.807) is 6.26 Å². The molecule has 0 aromatic carbocycles. The van der Waals surface area contributed by atoms with E-state index in [1.807, 2.05) is 6.26 Å². The van der Waals surface area contributed by atoms with Crippen molar-refractivity contribution in [3.63, 3.8) is 0 Å². The zero-order valence-corrected chi connectivity index (χ0v) is 11.4. The second-order valence-electron chi connectivity index (χ2n) is 5.80. The fraction of sp³-hybridized carbons (Fsp3) is 0.733. The lowest BCUT2D eigenvalue weighted by Crippen LogP contribution is -2.42. The standard InChI is InChI=1S/C15H25NO2/c1-11(9-17)3-5-14-12(2)4-6-15(16-14)13-7-8-18-10-13/h7-8,10-12,14-17H,3-6,9H2,1-2H3. The second-order valence-corrected chi connectivity index (χ2v) is 5.80. The van der Waals surface area contributed by atoms with Gasteiger partial charge in [-0.25, -0.2) is 0 Å². The maximum absolute atomic E-state index is 9.10. The highest BCUT2D eigenvalue weighted by Gasteiger charge is 2.28. The van der Waals surface area contributed by atoms with Crippen molar-refractivity contribution < 1.29 is 9.52 Å². The number of rotatable bonds is 5. The van der Waals surface area contributed by atoms with E-state index >= 15 is 0 Å². The van der Waals surface area contributed by atoms with Crippen molar-refractivity contribution in [2.45, 2.75) is 51.6 Å². The molecule has 0 spiro atoms. The number of furan rings is 1. The Kier molecular flexibility index (Phi) is 4.84. The van der Waals surface area contributed by atoms with Crippen LogP contribution in [-0.2, 0) is 0 Å². The third-order valence-corrected chi connectivity index (χ3v) is 4.24. The SMILES string of the molecule is CC(CO)CCC1NC(c2ccoc2)CCC1C. The molecule has 2 rings (SSSR count). The molecule has 1 fully saturated rings. The first kappa shape index (κ1) is 13.6. The Morgan fingerprint density at radius 2 is 2.33 bits per heavy atom. The van der Waals surface area contributed by atoms with Gasteiger partial charge in [0.2, 0.25) is 0 Å². The Morgan fingerprint density at radius 3 is 3.00 bits per heavy atom. The molecule has 102 valence electrons. The van der Waals surface area contributed by atoms with Gasteiger partial charge in [0.15, 0.2) is 0 Å². The normalized spacial score (nSPS) is 30.3. The molecule has 1 aromatic rings. The van der Waals surface area contributed by atoms with Crippen LogP contribution in [0.4, 0.5) is 0 Å². The fourth-order valence-electron chi connectivity index (χ4n) is 2.80. The van der Waals surface area contributed by atoms with E-state index < -0.39 is 0 Å². The smallest absolute Gasteiger partial charge is 0.0950 e. The molecular weight excluding hydrogens is 226 g/mol. The summed E-state index contributed by atoms with van der Waals surface area (Å²) >= 11 is 0. The Balaban J connectivity index is 1.88. The van der Waals surface area contributed by atoms with Crippen LogP contribution in [0.3, 0.4) is 0 Å². The molecule has 0 saturated carbocycles. The zero-order valence-electron chi connectivity index (χ0n) is 11.4. The van der Waals surface area contributed by atoms with Gasteiger partial charge in [0.05, 0.1) is 12.5 Å². The lowest BCUT2D eigenvalue weighted by Gasteiger charge is -2.36. The molecule has 1 saturated heterocycles. The van der Waals surface area contributed by atoms with Crippen molar-refractivity contribution in [2.75, 3.05) is 6.61 Å². The van der Waals surface area contributed by atoms with Crippen LogP contribution in [-0.4, -0.2) is 17.8 Å². The topological polar surface area (TPSA) is 45.4 Å². The minimum atomic E-state index is 0.298. The predicted octanol–water partition coefficient (Wildman–Crippen LogP) is 3.12. The summed E-state index contributed by atoms with van der Waals surface area (Å²) in [6.45, 7) is 4.74. The summed E-state index contributed by atoms with van der Waals surface area (Å²) in [5, 5.41) is 12.8. The molecule has 2 N–H and O–H groups in total. The highest BCUT2D eigenvalue weighted by molar-refractivity contribution is 5.13. The number of hydrogen-bond donors (Lipinski definition) is 2. The minimum Gasteiger partial charge on any atom is -0.472 e. The van der Waals surface area contributed by atoms with E-state index in [0.717, 1.165) is 18.8 Å². The third kappa shape index (κ3) is 3.36. The first-order valence-corrected chi connectivity index (χ1v) is 7.09. The molecule has 0 radical (unpaired) electrons. The highest BCUT2D eigenvalue weighted by atomic mass is 16.3. The van der Waals surface area contributed by atoms with Gasteiger partial charge in [0.25, 0.3) is 0 Å². The van der Waals surface area contributed by atoms with Crippen molar-refractivity contribution in [2.24, 2.45) is 11.8 Å². The molecule has 1 aliphatic heterocycles. The molecule has 3 heteroatoms. The summed E-state index contributed by atoms with van der Waals surface area (Å²) < 4.78 is 5.17. The molecule has 0 amide bonds. The number of nitrogens with one attached hydrogen (secondary N) is 1. The number of aliphatic hydroxyl groups excluding tert-OH is 1. The largest absolute Gasteiger partial charge is 0.472 e. The molecule has 1 aromatic heterocycles. The van der Waals surface area contributed by atoms with Crippen molar-refractivity contribution in [1.29, 1.82) is 0 Å². The van der Waals surface area contributed by atoms with Crippen molar-refractivity contribution in [3.05, 3.63) is 24.2 Å². The molecule has 18 heavy (non-hydrogen) atoms. The third-order valence-electron chi connectivity index (χ3n) is 4.24. The Labute approximate surface area is 110 Å². The van der Waals surface area contributed by atoms with Crippen LogP contribution in [0.2, 0.25) is 0 Å². The van der Waals surface area contributed by atoms with Crippen LogP contribution < -0.4 is 5.32 Å². The number of piperidine rings is 1. The van der Waals surface area contributed by atoms with Crippen LogP contribution >= 0.6 is 0 Å². The van der Waals surface area contributed by atoms with Crippen LogP contribution in [0, 0.1) is 11.8 Å². The quantitative estimate of drug-likeness (QED) is 0.845. The summed E-state index contributed by atoms with van der Waals surface area (Å²) in [4.78, 5) is 0. The second kappa shape index (κ2) is 6.39. The van der Waals surface area contributed by atoms with E-state index in [0.29, 0.717) is 24.6 Å². The highest BCUT2D eigenvalue weighted by Crippen LogP contribution is 2.31. The van der Waals surface area contributed by atoms with Crippen LogP contribution in [0.5, 0.6) is 0 Å². The average Bonchev–Trinajstić information content (AvgIpc) is 2.91. The van der Waals surface area contributed by atoms with Gasteiger partial charge >= 0.3 is 0 Å². The molecule has 4 unspecified atom stereocenters. The summed E-state index contributed by atoms with van der Waals surface area (Å²) in [7, 11) is 0. The van der Waals surface area contributed by atoms with Gasteiger partial charge in [0.1, 0.15) is 0 Å². The van der Waals surface area contributed by atoms with E-state index in [1.165, 1.54) is 18.4 Å². The van der Waals surface area contributed by atoms with Gasteiger partial charge in [-0.05, 0) is 43.6 Å². The molecule has 3 nitrogen and oxygen atoms in total. The Bertz CT molecular complexity index is 336. The van der Waals surface area contributed by atoms with Gasteiger partial charge in [-0.1, -0.05) is 13.8 Å². The summed E-state index contributed by atoms with van der Waals surface area (Å²) in [6.07, 6.45) is 8.29. The van der Waals surface area contributed by atoms with Gasteiger partial charge in [-0.15, -0.1) is 0 Å². The molecule has 2 heterocycles. The maximum Gasteiger partial charge on any atom is 0.0950 e. The summed E-state index contributed by atoms with van der Waals surface area (Å²) in [5.74, 6) is 1.13. The molecule has 0 aliphatic carbocycles. The minimum absolute atomic E-state index is 0.298. The van der Waals surface area contributed by atoms with Crippen molar-refractivity contribution in [3.8, 4) is 0 Å². The maximum atomic E-state index is 9.10. The van der Waals surface area contributed by atoms with E-state index in [2.05, 4.69) is 25.2 Å². The van der Waals surface area contributed by atoms with Crippen LogP contribution in [0.1, 0.15) is 51.1 Å². The lowest BCUT2D eigenvalue weighted by molar-refractivity contribution is 0.195. The van der Waals surface area contributed by atoms with E-state index in [-0.39, 0.29) is 0 Å². The fourth-order valence-corrected chi connectivity index (χ4v) is 2.80. The lowest BCUT2D eigenvalue weighted by atomic mass is 9.84. The van der Waals surface area contributed by atoms with E-state index in [9.17, 15) is 0 Å². The first-order chi connectivity index (χ1) is 8.70. The zero-order chi connectivity index (χ0) is 13.0. The Hall–Kier alpha value is -0.800. The molecular formula is C15H25NO2. The van der Waals surface area contributed by atoms with Gasteiger partial charge < -0.3 is 14.8 Å². The summed E-state index contributed by atoms with van der Waals surface area (Å²) in [5.41, 5.74) is 1.27. The van der Waals surface area contributed by atoms with Crippen molar-refractivity contribution in [1.82, 2.24) is 5.32 Å².